The van der Waals surface area contributed by atoms with Gasteiger partial charge in [0.25, 0.3) is 5.91 Å². The Kier molecular flexibility index (Phi) is 7.31. The lowest BCUT2D eigenvalue weighted by Gasteiger charge is -2.29. The van der Waals surface area contributed by atoms with Crippen LogP contribution in [0.1, 0.15) is 42.3 Å². The summed E-state index contributed by atoms with van der Waals surface area (Å²) >= 11 is 6.14. The van der Waals surface area contributed by atoms with Gasteiger partial charge in [-0.3, -0.25) is 19.4 Å². The Hall–Kier alpha value is -5.02. The van der Waals surface area contributed by atoms with E-state index in [1.807, 2.05) is 0 Å². The third-order valence-electron chi connectivity index (χ3n) is 6.66. The van der Waals surface area contributed by atoms with E-state index in [2.05, 4.69) is 10.3 Å². The second kappa shape index (κ2) is 11.0. The smallest absolute Gasteiger partial charge is 0.336 e. The molecule has 0 saturated heterocycles. The van der Waals surface area contributed by atoms with Gasteiger partial charge in [-0.2, -0.15) is 0 Å². The van der Waals surface area contributed by atoms with Crippen LogP contribution in [-0.2, 0) is 17.8 Å². The van der Waals surface area contributed by atoms with Crippen molar-refractivity contribution in [2.24, 2.45) is 5.73 Å². The molecule has 3 aromatic carbocycles. The summed E-state index contributed by atoms with van der Waals surface area (Å²) in [7, 11) is 0. The molecule has 0 fully saturated rings. The van der Waals surface area contributed by atoms with Crippen molar-refractivity contribution in [2.45, 2.75) is 19.0 Å². The van der Waals surface area contributed by atoms with E-state index in [0.29, 0.717) is 33.1 Å². The van der Waals surface area contributed by atoms with Gasteiger partial charge in [-0.15, -0.1) is 0 Å². The maximum Gasteiger partial charge on any atom is 0.336 e. The zero-order valence-corrected chi connectivity index (χ0v) is 21.8. The van der Waals surface area contributed by atoms with Gasteiger partial charge in [0.2, 0.25) is 11.8 Å². The van der Waals surface area contributed by atoms with Crippen molar-refractivity contribution in [1.82, 2.24) is 9.88 Å². The van der Waals surface area contributed by atoms with Crippen molar-refractivity contribution < 1.29 is 24.3 Å². The quantitative estimate of drug-likeness (QED) is 0.309. The van der Waals surface area contributed by atoms with Gasteiger partial charge in [0, 0.05) is 35.4 Å². The number of benzene rings is 3. The van der Waals surface area contributed by atoms with Crippen LogP contribution in [0.5, 0.6) is 0 Å². The molecule has 200 valence electrons. The number of hydrogen-bond donors (Lipinski definition) is 3. The van der Waals surface area contributed by atoms with Crippen LogP contribution in [-0.4, -0.2) is 44.7 Å². The van der Waals surface area contributed by atoms with E-state index in [9.17, 15) is 24.3 Å². The standard InChI is InChI=1S/C30H23ClN4O5/c31-20-8-10-23-25(14-20)34-28(37)26(15-21-6-1-2-11-33-21)35(29(23)38)16-17-7-9-22(30(39)40)24(12-17)18-4-3-5-19(13-18)27(32)36/h1-14,26H,15-16H2,(H2,32,36)(H,34,37)(H,39,40)/t26-/m1/s1. The summed E-state index contributed by atoms with van der Waals surface area (Å²) in [6.07, 6.45) is 1.77. The molecule has 1 aliphatic rings. The predicted molar refractivity (Wildman–Crippen MR) is 149 cm³/mol. The number of aromatic nitrogens is 1. The molecular formula is C30H23ClN4O5. The molecule has 5 rings (SSSR count). The number of carboxylic acid groups (broad SMARTS) is 1. The van der Waals surface area contributed by atoms with Crippen molar-refractivity contribution in [1.29, 1.82) is 0 Å². The number of carbonyl (C=O) groups is 4. The molecule has 0 aliphatic carbocycles. The highest BCUT2D eigenvalue weighted by Crippen LogP contribution is 2.31. The van der Waals surface area contributed by atoms with Crippen LogP contribution in [0.2, 0.25) is 5.02 Å². The Bertz CT molecular complexity index is 1660. The molecule has 4 N–H and O–H groups in total. The summed E-state index contributed by atoms with van der Waals surface area (Å²) in [6, 6.07) is 20.1. The highest BCUT2D eigenvalue weighted by Gasteiger charge is 2.36. The number of nitrogens with two attached hydrogens (primary N) is 1. The minimum absolute atomic E-state index is 0.00572. The third-order valence-corrected chi connectivity index (χ3v) is 6.90. The normalized spacial score (nSPS) is 14.7. The average Bonchev–Trinajstić information content (AvgIpc) is 3.03. The Morgan fingerprint density at radius 2 is 1.80 bits per heavy atom. The van der Waals surface area contributed by atoms with Crippen molar-refractivity contribution in [3.63, 3.8) is 0 Å². The van der Waals surface area contributed by atoms with Crippen LogP contribution in [0.3, 0.4) is 0 Å². The monoisotopic (exact) mass is 554 g/mol. The first-order chi connectivity index (χ1) is 19.2. The molecule has 0 radical (unpaired) electrons. The molecule has 0 unspecified atom stereocenters. The maximum absolute atomic E-state index is 13.9. The fourth-order valence-electron chi connectivity index (χ4n) is 4.71. The highest BCUT2D eigenvalue weighted by molar-refractivity contribution is 6.31. The molecule has 1 aliphatic heterocycles. The number of aromatic carboxylic acids is 1. The fraction of sp³-hybridized carbons (Fsp3) is 0.100. The summed E-state index contributed by atoms with van der Waals surface area (Å²) in [6.45, 7) is -0.00572. The molecule has 3 amide bonds. The fourth-order valence-corrected chi connectivity index (χ4v) is 4.89. The Labute approximate surface area is 234 Å². The number of hydrogen-bond acceptors (Lipinski definition) is 5. The molecule has 9 nitrogen and oxygen atoms in total. The zero-order chi connectivity index (χ0) is 28.4. The summed E-state index contributed by atoms with van der Waals surface area (Å²) in [5.41, 5.74) is 8.26. The van der Waals surface area contributed by atoms with Crippen LogP contribution in [0.15, 0.2) is 85.1 Å². The average molecular weight is 555 g/mol. The summed E-state index contributed by atoms with van der Waals surface area (Å²) < 4.78 is 0. The van der Waals surface area contributed by atoms with E-state index in [4.69, 9.17) is 17.3 Å². The van der Waals surface area contributed by atoms with Gasteiger partial charge >= 0.3 is 5.97 Å². The Morgan fingerprint density at radius 3 is 2.52 bits per heavy atom. The van der Waals surface area contributed by atoms with E-state index in [-0.39, 0.29) is 29.7 Å². The number of fused-ring (bicyclic) bond motifs is 1. The van der Waals surface area contributed by atoms with Crippen LogP contribution in [0.25, 0.3) is 11.1 Å². The lowest BCUT2D eigenvalue weighted by molar-refractivity contribution is -0.120. The van der Waals surface area contributed by atoms with Gasteiger partial charge in [0.05, 0.1) is 16.8 Å². The van der Waals surface area contributed by atoms with E-state index in [1.54, 1.807) is 60.8 Å². The van der Waals surface area contributed by atoms with E-state index in [1.165, 1.54) is 29.2 Å². The lowest BCUT2D eigenvalue weighted by Crippen LogP contribution is -2.46. The molecule has 0 bridgehead atoms. The summed E-state index contributed by atoms with van der Waals surface area (Å²) in [5, 5.41) is 13.0. The maximum atomic E-state index is 13.9. The highest BCUT2D eigenvalue weighted by atomic mass is 35.5. The minimum atomic E-state index is -1.16. The van der Waals surface area contributed by atoms with Crippen molar-refractivity contribution in [3.8, 4) is 11.1 Å². The third kappa shape index (κ3) is 5.41. The molecule has 2 heterocycles. The minimum Gasteiger partial charge on any atom is -0.478 e. The number of pyridine rings is 1. The topological polar surface area (TPSA) is 143 Å². The number of carbonyl (C=O) groups excluding carboxylic acids is 3. The first-order valence-electron chi connectivity index (χ1n) is 12.3. The number of nitrogens with one attached hydrogen (secondary N) is 1. The molecular weight excluding hydrogens is 532 g/mol. The molecule has 40 heavy (non-hydrogen) atoms. The summed E-state index contributed by atoms with van der Waals surface area (Å²) in [4.78, 5) is 56.9. The SMILES string of the molecule is NC(=O)c1cccc(-c2cc(CN3C(=O)c4ccc(Cl)cc4NC(=O)[C@H]3Cc3ccccn3)ccc2C(=O)O)c1. The predicted octanol–water partition coefficient (Wildman–Crippen LogP) is 4.40. The van der Waals surface area contributed by atoms with Crippen LogP contribution in [0, 0.1) is 0 Å². The number of primary amides is 1. The van der Waals surface area contributed by atoms with Gasteiger partial charge in [0.1, 0.15) is 6.04 Å². The van der Waals surface area contributed by atoms with Gasteiger partial charge in [0.15, 0.2) is 0 Å². The lowest BCUT2D eigenvalue weighted by atomic mass is 9.95. The second-order valence-electron chi connectivity index (χ2n) is 9.28. The molecule has 0 saturated carbocycles. The van der Waals surface area contributed by atoms with Crippen LogP contribution < -0.4 is 11.1 Å². The number of anilines is 1. The van der Waals surface area contributed by atoms with Crippen LogP contribution >= 0.6 is 11.6 Å². The van der Waals surface area contributed by atoms with E-state index >= 15 is 0 Å². The summed E-state index contributed by atoms with van der Waals surface area (Å²) in [5.74, 6) is -2.61. The number of halogens is 1. The molecule has 1 aromatic heterocycles. The number of nitrogens with zero attached hydrogens (tertiary/aromatic N) is 2. The molecule has 4 aromatic rings. The first kappa shape index (κ1) is 26.6. The Morgan fingerprint density at radius 1 is 0.975 bits per heavy atom. The van der Waals surface area contributed by atoms with E-state index < -0.39 is 29.7 Å². The van der Waals surface area contributed by atoms with Crippen LogP contribution in [0.4, 0.5) is 5.69 Å². The number of rotatable bonds is 7. The van der Waals surface area contributed by atoms with Gasteiger partial charge in [-0.1, -0.05) is 35.9 Å². The van der Waals surface area contributed by atoms with Gasteiger partial charge in [-0.25, -0.2) is 4.79 Å². The number of carboxylic acids is 1. The molecule has 1 atom stereocenters. The largest absolute Gasteiger partial charge is 0.478 e. The molecule has 10 heteroatoms. The van der Waals surface area contributed by atoms with Gasteiger partial charge in [-0.05, 0) is 71.3 Å². The number of amides is 3. The van der Waals surface area contributed by atoms with Crippen molar-refractivity contribution >= 4 is 41.0 Å². The van der Waals surface area contributed by atoms with Crippen molar-refractivity contribution in [2.75, 3.05) is 5.32 Å². The van der Waals surface area contributed by atoms with E-state index in [0.717, 1.165) is 0 Å². The van der Waals surface area contributed by atoms with Crippen molar-refractivity contribution in [3.05, 3.63) is 118 Å². The second-order valence-corrected chi connectivity index (χ2v) is 9.72. The van der Waals surface area contributed by atoms with Gasteiger partial charge < -0.3 is 21.1 Å². The molecule has 0 spiro atoms. The zero-order valence-electron chi connectivity index (χ0n) is 21.0. The first-order valence-corrected chi connectivity index (χ1v) is 12.7. The Balaban J connectivity index is 1.59.